The smallest absolute Gasteiger partial charge is 0.271 e. The minimum Gasteiger partial charge on any atom is -0.495 e. The maximum atomic E-state index is 14.0. The summed E-state index contributed by atoms with van der Waals surface area (Å²) < 4.78 is 5.44. The van der Waals surface area contributed by atoms with Crippen LogP contribution in [0.4, 0.5) is 0 Å². The number of allylic oxidation sites excluding steroid dienone is 1. The number of thiazole rings is 1. The average molecular weight is 780 g/mol. The zero-order chi connectivity index (χ0) is 40.6. The van der Waals surface area contributed by atoms with E-state index in [0.717, 1.165) is 30.1 Å². The number of rotatable bonds is 5. The number of nitrogens with zero attached hydrogens (tertiary/aromatic N) is 2. The van der Waals surface area contributed by atoms with Crippen molar-refractivity contribution in [1.82, 2.24) is 46.8 Å². The predicted octanol–water partition coefficient (Wildman–Crippen LogP) is 0.118. The van der Waals surface area contributed by atoms with E-state index in [4.69, 9.17) is 4.74 Å². The quantitative estimate of drug-likeness (QED) is 0.136. The summed E-state index contributed by atoms with van der Waals surface area (Å²) in [7, 11) is 2.88. The van der Waals surface area contributed by atoms with Gasteiger partial charge in [0, 0.05) is 30.4 Å². The molecule has 0 unspecified atom stereocenters. The fourth-order valence-electron chi connectivity index (χ4n) is 5.66. The molecule has 2 bridgehead atoms. The van der Waals surface area contributed by atoms with Crippen LogP contribution in [0.15, 0.2) is 41.5 Å². The van der Waals surface area contributed by atoms with Crippen LogP contribution in [0.5, 0.6) is 5.75 Å². The lowest BCUT2D eigenvalue weighted by molar-refractivity contribution is -0.141. The lowest BCUT2D eigenvalue weighted by atomic mass is 9.94. The van der Waals surface area contributed by atoms with Crippen LogP contribution in [0.1, 0.15) is 68.1 Å². The Kier molecular flexibility index (Phi) is 13.5. The number of Topliss-reactive ketones (excluding diaryl/α,β-unsaturated/α-hetero) is 1. The van der Waals surface area contributed by atoms with E-state index in [0.29, 0.717) is 27.2 Å². The van der Waals surface area contributed by atoms with Crippen molar-refractivity contribution in [2.45, 2.75) is 71.1 Å². The first-order valence-electron chi connectivity index (χ1n) is 17.3. The molecule has 7 amide bonds. The molecule has 0 radical (unpaired) electrons. The van der Waals surface area contributed by atoms with Gasteiger partial charge in [-0.2, -0.15) is 0 Å². The van der Waals surface area contributed by atoms with Crippen molar-refractivity contribution in [1.29, 1.82) is 0 Å². The molecule has 0 fully saturated rings. The molecule has 3 heterocycles. The Bertz CT molecular complexity index is 2040. The topological polar surface area (TPSA) is 250 Å². The van der Waals surface area contributed by atoms with E-state index in [1.807, 2.05) is 0 Å². The van der Waals surface area contributed by atoms with Crippen LogP contribution in [0.2, 0.25) is 0 Å². The van der Waals surface area contributed by atoms with Crippen molar-refractivity contribution >= 4 is 69.4 Å². The van der Waals surface area contributed by atoms with Gasteiger partial charge in [-0.3, -0.25) is 38.4 Å². The first-order valence-corrected chi connectivity index (χ1v) is 18.2. The number of benzene rings is 1. The summed E-state index contributed by atoms with van der Waals surface area (Å²) in [5, 5.41) is 17.6. The number of nitrogens with one attached hydrogen (secondary N) is 7. The normalized spacial score (nSPS) is 23.5. The van der Waals surface area contributed by atoms with Crippen LogP contribution in [-0.4, -0.2) is 107 Å². The second kappa shape index (κ2) is 17.8. The number of ether oxygens (including phenoxy) is 1. The van der Waals surface area contributed by atoms with Crippen molar-refractivity contribution in [3.63, 3.8) is 0 Å². The second-order valence-electron chi connectivity index (χ2n) is 13.0. The van der Waals surface area contributed by atoms with Crippen molar-refractivity contribution in [3.05, 3.63) is 57.8 Å². The molecule has 19 heteroatoms. The lowest BCUT2D eigenvalue weighted by Gasteiger charge is -2.29. The fraction of sp³-hybridized carbons (Fsp3) is 0.417. The van der Waals surface area contributed by atoms with Gasteiger partial charge in [-0.15, -0.1) is 11.3 Å². The van der Waals surface area contributed by atoms with Crippen LogP contribution < -0.4 is 36.6 Å². The minimum absolute atomic E-state index is 0.0711. The summed E-state index contributed by atoms with van der Waals surface area (Å²) in [4.78, 5) is 115. The van der Waals surface area contributed by atoms with Gasteiger partial charge in [0.2, 0.25) is 23.6 Å². The fourth-order valence-corrected chi connectivity index (χ4v) is 6.47. The average Bonchev–Trinajstić information content (AvgIpc) is 3.82. The van der Waals surface area contributed by atoms with Gasteiger partial charge in [0.05, 0.1) is 31.8 Å². The molecule has 1 aliphatic rings. The van der Waals surface area contributed by atoms with E-state index < -0.39 is 83.9 Å². The molecule has 1 aliphatic heterocycles. The van der Waals surface area contributed by atoms with Crippen LogP contribution in [0.25, 0.3) is 10.9 Å². The molecule has 4 rings (SSSR count). The van der Waals surface area contributed by atoms with Gasteiger partial charge < -0.3 is 46.5 Å². The third-order valence-electron chi connectivity index (χ3n) is 9.04. The molecule has 18 nitrogen and oxygen atoms in total. The SMILES string of the molecule is C/C=C1\NC(=O)[C@H](CC)NC(=O)CNC(=O)[C@](C)(C(C)=O)NC(=O)[C@@H](Cc2c[nH]c3c(OC)cccc23)NC(=O)c2csc(n2)[C@H](C)NC(=O)CN(C)C1=O. The van der Waals surface area contributed by atoms with Crippen molar-refractivity contribution in [2.24, 2.45) is 0 Å². The Labute approximate surface area is 320 Å². The molecule has 0 spiro atoms. The lowest BCUT2D eigenvalue weighted by Crippen LogP contribution is -2.65. The van der Waals surface area contributed by atoms with Crippen LogP contribution in [-0.2, 0) is 40.0 Å². The van der Waals surface area contributed by atoms with Crippen LogP contribution in [0, 0.1) is 0 Å². The molecule has 1 aromatic carbocycles. The number of H-pyrrole nitrogens is 1. The van der Waals surface area contributed by atoms with Gasteiger partial charge >= 0.3 is 0 Å². The zero-order valence-electron chi connectivity index (χ0n) is 31.5. The monoisotopic (exact) mass is 779 g/mol. The molecule has 0 saturated carbocycles. The number of para-hydroxylation sites is 1. The van der Waals surface area contributed by atoms with E-state index in [2.05, 4.69) is 41.9 Å². The maximum absolute atomic E-state index is 14.0. The molecule has 3 aromatic rings. The van der Waals surface area contributed by atoms with E-state index in [1.54, 1.807) is 38.2 Å². The number of carbonyl (C=O) groups is 8. The molecule has 55 heavy (non-hydrogen) atoms. The summed E-state index contributed by atoms with van der Waals surface area (Å²) in [6, 6.07) is 2.11. The summed E-state index contributed by atoms with van der Waals surface area (Å²) in [5.74, 6) is -5.68. The summed E-state index contributed by atoms with van der Waals surface area (Å²) in [5.41, 5.74) is -1.17. The Morgan fingerprint density at radius 3 is 2.44 bits per heavy atom. The highest BCUT2D eigenvalue weighted by Gasteiger charge is 2.42. The Hall–Kier alpha value is -6.11. The highest BCUT2D eigenvalue weighted by molar-refractivity contribution is 7.09. The number of likely N-dealkylation sites (N-methyl/N-ethyl adjacent to an activating group) is 1. The Morgan fingerprint density at radius 1 is 1.05 bits per heavy atom. The number of hydrogen-bond acceptors (Lipinski definition) is 11. The molecule has 2 aromatic heterocycles. The number of amides is 7. The first-order chi connectivity index (χ1) is 26.0. The van der Waals surface area contributed by atoms with E-state index in [-0.39, 0.29) is 24.2 Å². The van der Waals surface area contributed by atoms with Gasteiger partial charge in [-0.1, -0.05) is 25.1 Å². The Morgan fingerprint density at radius 2 is 1.78 bits per heavy atom. The van der Waals surface area contributed by atoms with Crippen LogP contribution >= 0.6 is 11.3 Å². The largest absolute Gasteiger partial charge is 0.495 e. The standard InChI is InChI=1S/C36H45N9O9S/c1-8-22-30(49)41-23(9-2)34(52)45(6)16-28(48)39-18(3)33-43-25(17-55-33)31(50)42-24(13-20-14-37-29-21(20)11-10-12-26(29)54-7)32(51)44-36(5,19(4)46)35(53)38-15-27(47)40-22/h9-12,14,17-18,22,24,37H,8,13,15-16H2,1-7H3,(H,38,53)(H,39,48)(H,40,47)(H,41,49)(H,42,50)(H,44,51)/b23-9-/t18-,22-,24+,36-/m0/s1. The summed E-state index contributed by atoms with van der Waals surface area (Å²) in [6.07, 6.45) is 2.99. The number of fused-ring (bicyclic) bond motifs is 3. The number of methoxy groups -OCH3 is 1. The van der Waals surface area contributed by atoms with Gasteiger partial charge in [-0.25, -0.2) is 4.98 Å². The van der Waals surface area contributed by atoms with Crippen LogP contribution in [0.3, 0.4) is 0 Å². The predicted molar refractivity (Wildman–Crippen MR) is 200 cm³/mol. The second-order valence-corrected chi connectivity index (χ2v) is 13.9. The maximum Gasteiger partial charge on any atom is 0.271 e. The molecular weight excluding hydrogens is 735 g/mol. The number of aromatic amines is 1. The molecular formula is C36H45N9O9S. The van der Waals surface area contributed by atoms with Gasteiger partial charge in [-0.05, 0) is 45.7 Å². The van der Waals surface area contributed by atoms with Crippen molar-refractivity contribution < 1.29 is 43.1 Å². The number of ketones is 1. The molecule has 294 valence electrons. The first kappa shape index (κ1) is 41.6. The molecule has 0 aliphatic carbocycles. The van der Waals surface area contributed by atoms with E-state index >= 15 is 0 Å². The summed E-state index contributed by atoms with van der Waals surface area (Å²) >= 11 is 1.08. The Balaban J connectivity index is 1.71. The molecule has 4 atom stereocenters. The van der Waals surface area contributed by atoms with Crippen molar-refractivity contribution in [2.75, 3.05) is 27.2 Å². The highest BCUT2D eigenvalue weighted by atomic mass is 32.1. The zero-order valence-corrected chi connectivity index (χ0v) is 32.3. The van der Waals surface area contributed by atoms with E-state index in [9.17, 15) is 38.4 Å². The van der Waals surface area contributed by atoms with Gasteiger partial charge in [0.15, 0.2) is 11.3 Å². The highest BCUT2D eigenvalue weighted by Crippen LogP contribution is 2.28. The van der Waals surface area contributed by atoms with Crippen molar-refractivity contribution in [3.8, 4) is 5.75 Å². The van der Waals surface area contributed by atoms with Gasteiger partial charge in [0.1, 0.15) is 34.2 Å². The number of hydrogen-bond donors (Lipinski definition) is 7. The summed E-state index contributed by atoms with van der Waals surface area (Å²) in [6.45, 7) is 5.93. The van der Waals surface area contributed by atoms with Gasteiger partial charge in [0.25, 0.3) is 17.7 Å². The molecule has 0 saturated heterocycles. The van der Waals surface area contributed by atoms with E-state index in [1.165, 1.54) is 32.5 Å². The number of carbonyl (C=O) groups excluding carboxylic acids is 8. The third-order valence-corrected chi connectivity index (χ3v) is 10.1. The molecule has 7 N–H and O–H groups in total. The minimum atomic E-state index is -2.20. The number of aromatic nitrogens is 2. The third kappa shape index (κ3) is 9.71.